The van der Waals surface area contributed by atoms with Crippen molar-refractivity contribution >= 4 is 54.8 Å². The average molecular weight is 424 g/mol. The third kappa shape index (κ3) is 4.97. The first-order valence-corrected chi connectivity index (χ1v) is 11.2. The van der Waals surface area contributed by atoms with Gasteiger partial charge in [-0.15, -0.1) is 11.3 Å². The molecule has 0 bridgehead atoms. The van der Waals surface area contributed by atoms with Gasteiger partial charge in [-0.2, -0.15) is 0 Å². The van der Waals surface area contributed by atoms with Crippen LogP contribution in [0.3, 0.4) is 0 Å². The van der Waals surface area contributed by atoms with Crippen LogP contribution in [0, 0.1) is 0 Å². The number of thiazole rings is 1. The van der Waals surface area contributed by atoms with Gasteiger partial charge in [-0.25, -0.2) is 13.4 Å². The fourth-order valence-corrected chi connectivity index (χ4v) is 4.29. The molecule has 2 N–H and O–H groups in total. The van der Waals surface area contributed by atoms with E-state index in [1.165, 1.54) is 18.2 Å². The van der Waals surface area contributed by atoms with E-state index in [0.717, 1.165) is 21.5 Å². The van der Waals surface area contributed by atoms with E-state index >= 15 is 0 Å². The lowest BCUT2D eigenvalue weighted by molar-refractivity contribution is 0.0952. The molecule has 1 atom stereocenters. The summed E-state index contributed by atoms with van der Waals surface area (Å²) in [5, 5.41) is 4.10. The lowest BCUT2D eigenvalue weighted by Gasteiger charge is -2.13. The minimum atomic E-state index is -3.52. The van der Waals surface area contributed by atoms with Gasteiger partial charge in [0.1, 0.15) is 0 Å². The monoisotopic (exact) mass is 423 g/mol. The molecule has 0 saturated heterocycles. The highest BCUT2D eigenvalue weighted by Gasteiger charge is 2.17. The Morgan fingerprint density at radius 3 is 2.70 bits per heavy atom. The van der Waals surface area contributed by atoms with Gasteiger partial charge in [0, 0.05) is 17.5 Å². The number of hydrogen-bond donors (Lipinski definition) is 2. The van der Waals surface area contributed by atoms with Crippen molar-refractivity contribution in [2.75, 3.05) is 17.5 Å². The van der Waals surface area contributed by atoms with Gasteiger partial charge < -0.3 is 5.32 Å². The molecular formula is C18H18ClN3O3S2. The van der Waals surface area contributed by atoms with Gasteiger partial charge in [-0.05, 0) is 30.3 Å². The molecule has 0 saturated carbocycles. The number of rotatable bonds is 6. The zero-order valence-corrected chi connectivity index (χ0v) is 17.1. The van der Waals surface area contributed by atoms with Crippen LogP contribution < -0.4 is 10.0 Å². The summed E-state index contributed by atoms with van der Waals surface area (Å²) in [6.07, 6.45) is 1.03. The van der Waals surface area contributed by atoms with Crippen LogP contribution in [0.25, 0.3) is 10.2 Å². The van der Waals surface area contributed by atoms with Crippen LogP contribution in [0.15, 0.2) is 42.5 Å². The number of hydrogen-bond acceptors (Lipinski definition) is 5. The molecule has 3 aromatic rings. The first-order valence-electron chi connectivity index (χ1n) is 8.14. The highest BCUT2D eigenvalue weighted by molar-refractivity contribution is 7.92. The van der Waals surface area contributed by atoms with Crippen LogP contribution in [0.1, 0.15) is 28.2 Å². The summed E-state index contributed by atoms with van der Waals surface area (Å²) in [4.78, 5) is 17.2. The Morgan fingerprint density at radius 2 is 2.00 bits per heavy atom. The van der Waals surface area contributed by atoms with E-state index in [0.29, 0.717) is 11.6 Å². The number of aromatic nitrogens is 1. The number of halogens is 1. The molecular weight excluding hydrogens is 406 g/mol. The second-order valence-electron chi connectivity index (χ2n) is 6.20. The van der Waals surface area contributed by atoms with Crippen molar-refractivity contribution < 1.29 is 13.2 Å². The van der Waals surface area contributed by atoms with Crippen LogP contribution in [0.5, 0.6) is 0 Å². The molecule has 0 aliphatic heterocycles. The Morgan fingerprint density at radius 1 is 1.26 bits per heavy atom. The average Bonchev–Trinajstić information content (AvgIpc) is 3.04. The molecule has 0 spiro atoms. The van der Waals surface area contributed by atoms with Crippen LogP contribution in [-0.4, -0.2) is 32.1 Å². The second-order valence-corrected chi connectivity index (χ2v) is 9.44. The number of carbonyl (C=O) groups excluding carboxylic acids is 1. The molecule has 0 fully saturated rings. The van der Waals surface area contributed by atoms with E-state index in [2.05, 4.69) is 15.0 Å². The summed E-state index contributed by atoms with van der Waals surface area (Å²) >= 11 is 7.56. The van der Waals surface area contributed by atoms with E-state index in [-0.39, 0.29) is 17.2 Å². The number of carbonyl (C=O) groups is 1. The summed E-state index contributed by atoms with van der Waals surface area (Å²) < 4.78 is 26.5. The zero-order valence-electron chi connectivity index (χ0n) is 14.7. The maximum absolute atomic E-state index is 12.6. The maximum atomic E-state index is 12.6. The Labute approximate surface area is 166 Å². The molecule has 1 aromatic heterocycles. The van der Waals surface area contributed by atoms with E-state index in [4.69, 9.17) is 11.6 Å². The predicted octanol–water partition coefficient (Wildman–Crippen LogP) is 3.85. The van der Waals surface area contributed by atoms with E-state index in [1.54, 1.807) is 11.3 Å². The molecule has 0 aliphatic carbocycles. The molecule has 27 heavy (non-hydrogen) atoms. The van der Waals surface area contributed by atoms with Crippen molar-refractivity contribution in [2.45, 2.75) is 12.8 Å². The third-order valence-corrected chi connectivity index (χ3v) is 5.92. The molecule has 1 amide bonds. The van der Waals surface area contributed by atoms with Crippen molar-refractivity contribution in [1.82, 2.24) is 10.3 Å². The molecule has 6 nitrogen and oxygen atoms in total. The number of para-hydroxylation sites is 1. The largest absolute Gasteiger partial charge is 0.351 e. The second kappa shape index (κ2) is 7.84. The predicted molar refractivity (Wildman–Crippen MR) is 110 cm³/mol. The number of benzene rings is 2. The number of nitrogens with zero attached hydrogens (tertiary/aromatic N) is 1. The zero-order chi connectivity index (χ0) is 19.6. The van der Waals surface area contributed by atoms with E-state index in [1.807, 2.05) is 31.2 Å². The quantitative estimate of drug-likeness (QED) is 0.630. The fraction of sp³-hybridized carbons (Fsp3) is 0.222. The van der Waals surface area contributed by atoms with Crippen LogP contribution >= 0.6 is 22.9 Å². The molecule has 2 aromatic carbocycles. The van der Waals surface area contributed by atoms with Crippen molar-refractivity contribution in [1.29, 1.82) is 0 Å². The fourth-order valence-electron chi connectivity index (χ4n) is 2.52. The van der Waals surface area contributed by atoms with Crippen molar-refractivity contribution in [3.05, 3.63) is 58.1 Å². The first kappa shape index (κ1) is 19.6. The molecule has 0 aliphatic rings. The normalized spacial score (nSPS) is 12.7. The summed E-state index contributed by atoms with van der Waals surface area (Å²) in [7, 11) is -3.52. The Bertz CT molecular complexity index is 1060. The lowest BCUT2D eigenvalue weighted by Crippen LogP contribution is -2.28. The summed E-state index contributed by atoms with van der Waals surface area (Å²) in [5.41, 5.74) is 1.29. The highest BCUT2D eigenvalue weighted by Crippen LogP contribution is 2.27. The number of amides is 1. The number of fused-ring (bicyclic) bond motifs is 1. The Kier molecular flexibility index (Phi) is 5.69. The van der Waals surface area contributed by atoms with Gasteiger partial charge in [0.25, 0.3) is 5.91 Å². The topological polar surface area (TPSA) is 88.2 Å². The van der Waals surface area contributed by atoms with Gasteiger partial charge in [0.2, 0.25) is 10.0 Å². The van der Waals surface area contributed by atoms with Gasteiger partial charge in [0.05, 0.1) is 32.7 Å². The minimum Gasteiger partial charge on any atom is -0.351 e. The first-order chi connectivity index (χ1) is 12.7. The number of nitrogens with one attached hydrogen (secondary N) is 2. The smallest absolute Gasteiger partial charge is 0.253 e. The van der Waals surface area contributed by atoms with Crippen LogP contribution in [0.4, 0.5) is 5.69 Å². The molecule has 1 heterocycles. The van der Waals surface area contributed by atoms with Crippen molar-refractivity contribution in [2.24, 2.45) is 0 Å². The standard InChI is InChI=1S/C18H18ClN3O3S2/c1-11(18-21-15-5-3-4-6-16(15)26-18)10-20-17(23)13-9-12(19)7-8-14(13)22-27(2,24)25/h3-9,11,22H,10H2,1-2H3,(H,20,23). The minimum absolute atomic E-state index is 0.0110. The highest BCUT2D eigenvalue weighted by atomic mass is 35.5. The van der Waals surface area contributed by atoms with Gasteiger partial charge in [-0.3, -0.25) is 9.52 Å². The number of sulfonamides is 1. The molecule has 1 unspecified atom stereocenters. The number of anilines is 1. The molecule has 142 valence electrons. The molecule has 0 radical (unpaired) electrons. The lowest BCUT2D eigenvalue weighted by atomic mass is 10.1. The maximum Gasteiger partial charge on any atom is 0.253 e. The Balaban J connectivity index is 1.74. The van der Waals surface area contributed by atoms with Crippen LogP contribution in [0.2, 0.25) is 5.02 Å². The molecule has 9 heteroatoms. The van der Waals surface area contributed by atoms with E-state index in [9.17, 15) is 13.2 Å². The SMILES string of the molecule is CC(CNC(=O)c1cc(Cl)ccc1NS(C)(=O)=O)c1nc2ccccc2s1. The van der Waals surface area contributed by atoms with Crippen molar-refractivity contribution in [3.63, 3.8) is 0 Å². The third-order valence-electron chi connectivity index (χ3n) is 3.82. The van der Waals surface area contributed by atoms with Gasteiger partial charge in [0.15, 0.2) is 0 Å². The van der Waals surface area contributed by atoms with Crippen molar-refractivity contribution in [3.8, 4) is 0 Å². The van der Waals surface area contributed by atoms with Crippen LogP contribution in [-0.2, 0) is 10.0 Å². The summed E-state index contributed by atoms with van der Waals surface area (Å²) in [5.74, 6) is -0.395. The van der Waals surface area contributed by atoms with E-state index < -0.39 is 15.9 Å². The summed E-state index contributed by atoms with van der Waals surface area (Å²) in [6.45, 7) is 2.34. The van der Waals surface area contributed by atoms with Gasteiger partial charge >= 0.3 is 0 Å². The molecule has 3 rings (SSSR count). The Hall–Kier alpha value is -2.16. The summed E-state index contributed by atoms with van der Waals surface area (Å²) in [6, 6.07) is 12.3. The van der Waals surface area contributed by atoms with Gasteiger partial charge in [-0.1, -0.05) is 30.7 Å².